The molecule has 1 N–H and O–H groups in total. The first-order chi connectivity index (χ1) is 7.86. The standard InChI is InChI=1S/C13H23NOS2/c1-6-7-16-8-10-14-11(9(2)3)12(17-10)13(4,5)15/h9,15H,6-8H2,1-5H3. The van der Waals surface area contributed by atoms with Gasteiger partial charge in [-0.1, -0.05) is 20.8 Å². The minimum atomic E-state index is -0.773. The highest BCUT2D eigenvalue weighted by Gasteiger charge is 2.26. The summed E-state index contributed by atoms with van der Waals surface area (Å²) in [4.78, 5) is 5.71. The van der Waals surface area contributed by atoms with Crippen LogP contribution in [0, 0.1) is 0 Å². The van der Waals surface area contributed by atoms with Gasteiger partial charge in [0.25, 0.3) is 0 Å². The highest BCUT2D eigenvalue weighted by Crippen LogP contribution is 2.35. The second-order valence-corrected chi connectivity index (χ2v) is 7.28. The summed E-state index contributed by atoms with van der Waals surface area (Å²) in [6, 6.07) is 0. The van der Waals surface area contributed by atoms with Crippen molar-refractivity contribution in [3.63, 3.8) is 0 Å². The number of rotatable bonds is 6. The van der Waals surface area contributed by atoms with Gasteiger partial charge < -0.3 is 5.11 Å². The maximum Gasteiger partial charge on any atom is 0.103 e. The molecule has 0 aliphatic carbocycles. The van der Waals surface area contributed by atoms with E-state index in [2.05, 4.69) is 25.8 Å². The molecule has 0 aliphatic rings. The van der Waals surface area contributed by atoms with Crippen molar-refractivity contribution in [3.8, 4) is 0 Å². The zero-order valence-electron chi connectivity index (χ0n) is 11.4. The molecule has 1 aromatic heterocycles. The smallest absolute Gasteiger partial charge is 0.103 e. The van der Waals surface area contributed by atoms with Gasteiger partial charge in [0.2, 0.25) is 0 Å². The highest BCUT2D eigenvalue weighted by molar-refractivity contribution is 7.98. The Kier molecular flexibility index (Phi) is 5.48. The van der Waals surface area contributed by atoms with Crippen molar-refractivity contribution in [1.29, 1.82) is 0 Å². The third kappa shape index (κ3) is 4.27. The van der Waals surface area contributed by atoms with Crippen LogP contribution in [0.3, 0.4) is 0 Å². The monoisotopic (exact) mass is 273 g/mol. The topological polar surface area (TPSA) is 33.1 Å². The van der Waals surface area contributed by atoms with Gasteiger partial charge in [0, 0.05) is 5.75 Å². The Morgan fingerprint density at radius 1 is 1.41 bits per heavy atom. The van der Waals surface area contributed by atoms with Crippen LogP contribution in [0.5, 0.6) is 0 Å². The molecule has 0 aromatic carbocycles. The van der Waals surface area contributed by atoms with Crippen LogP contribution < -0.4 is 0 Å². The lowest BCUT2D eigenvalue weighted by Gasteiger charge is -2.17. The normalized spacial score (nSPS) is 12.4. The molecule has 0 saturated heterocycles. The van der Waals surface area contributed by atoms with E-state index in [1.54, 1.807) is 11.3 Å². The number of nitrogens with zero attached hydrogens (tertiary/aromatic N) is 1. The van der Waals surface area contributed by atoms with Gasteiger partial charge in [-0.2, -0.15) is 11.8 Å². The largest absolute Gasteiger partial charge is 0.385 e. The summed E-state index contributed by atoms with van der Waals surface area (Å²) in [5, 5.41) is 11.3. The molecule has 0 unspecified atom stereocenters. The van der Waals surface area contributed by atoms with Crippen molar-refractivity contribution in [2.24, 2.45) is 0 Å². The molecule has 0 amide bonds. The molecular weight excluding hydrogens is 250 g/mol. The van der Waals surface area contributed by atoms with Gasteiger partial charge in [-0.05, 0) is 31.9 Å². The fourth-order valence-electron chi connectivity index (χ4n) is 1.57. The summed E-state index contributed by atoms with van der Waals surface area (Å²) in [5.41, 5.74) is 0.292. The SMILES string of the molecule is CCCSCc1nc(C(C)C)c(C(C)(C)O)s1. The summed E-state index contributed by atoms with van der Waals surface area (Å²) in [7, 11) is 0. The average Bonchev–Trinajstić information content (AvgIpc) is 2.62. The lowest BCUT2D eigenvalue weighted by molar-refractivity contribution is 0.0811. The van der Waals surface area contributed by atoms with Gasteiger partial charge in [-0.25, -0.2) is 4.98 Å². The van der Waals surface area contributed by atoms with Crippen LogP contribution >= 0.6 is 23.1 Å². The first-order valence-corrected chi connectivity index (χ1v) is 8.13. The molecule has 0 spiro atoms. The molecule has 1 rings (SSSR count). The van der Waals surface area contributed by atoms with Gasteiger partial charge >= 0.3 is 0 Å². The fraction of sp³-hybridized carbons (Fsp3) is 0.769. The second kappa shape index (κ2) is 6.21. The molecule has 1 heterocycles. The van der Waals surface area contributed by atoms with E-state index in [-0.39, 0.29) is 0 Å². The van der Waals surface area contributed by atoms with Crippen LogP contribution in [0.2, 0.25) is 0 Å². The first-order valence-electron chi connectivity index (χ1n) is 6.16. The third-order valence-electron chi connectivity index (χ3n) is 2.37. The van der Waals surface area contributed by atoms with E-state index < -0.39 is 5.60 Å². The summed E-state index contributed by atoms with van der Waals surface area (Å²) >= 11 is 3.58. The maximum absolute atomic E-state index is 10.2. The van der Waals surface area contributed by atoms with E-state index in [0.717, 1.165) is 21.3 Å². The van der Waals surface area contributed by atoms with Crippen LogP contribution in [-0.4, -0.2) is 15.8 Å². The molecule has 2 nitrogen and oxygen atoms in total. The van der Waals surface area contributed by atoms with E-state index in [1.807, 2.05) is 25.6 Å². The van der Waals surface area contributed by atoms with E-state index in [4.69, 9.17) is 0 Å². The highest BCUT2D eigenvalue weighted by atomic mass is 32.2. The Balaban J connectivity index is 2.89. The summed E-state index contributed by atoms with van der Waals surface area (Å²) in [6.07, 6.45) is 1.20. The Morgan fingerprint density at radius 3 is 2.47 bits per heavy atom. The molecule has 0 saturated carbocycles. The first kappa shape index (κ1) is 15.0. The lowest BCUT2D eigenvalue weighted by atomic mass is 10.0. The maximum atomic E-state index is 10.2. The van der Waals surface area contributed by atoms with Crippen molar-refractivity contribution < 1.29 is 5.11 Å². The number of hydrogen-bond acceptors (Lipinski definition) is 4. The summed E-state index contributed by atoms with van der Waals surface area (Å²) in [6.45, 7) is 10.1. The predicted octanol–water partition coefficient (Wildman–Crippen LogP) is 4.14. The molecule has 4 heteroatoms. The third-order valence-corrected chi connectivity index (χ3v) is 5.12. The van der Waals surface area contributed by atoms with Gasteiger partial charge in [0.05, 0.1) is 16.2 Å². The molecule has 0 bridgehead atoms. The molecule has 98 valence electrons. The Morgan fingerprint density at radius 2 is 2.06 bits per heavy atom. The van der Waals surface area contributed by atoms with Crippen molar-refractivity contribution in [1.82, 2.24) is 4.98 Å². The Hall–Kier alpha value is -0.0600. The minimum absolute atomic E-state index is 0.373. The zero-order valence-corrected chi connectivity index (χ0v) is 13.0. The number of aromatic nitrogens is 1. The fourth-order valence-corrected chi connectivity index (χ4v) is 3.75. The van der Waals surface area contributed by atoms with Gasteiger partial charge in [0.15, 0.2) is 0 Å². The molecule has 0 atom stereocenters. The zero-order chi connectivity index (χ0) is 13.1. The van der Waals surface area contributed by atoms with Crippen molar-refractivity contribution in [2.45, 2.75) is 58.3 Å². The molecule has 1 aromatic rings. The molecule has 0 radical (unpaired) electrons. The van der Waals surface area contributed by atoms with Crippen LogP contribution in [0.15, 0.2) is 0 Å². The van der Waals surface area contributed by atoms with E-state index in [9.17, 15) is 5.11 Å². The summed E-state index contributed by atoms with van der Waals surface area (Å²) < 4.78 is 0. The van der Waals surface area contributed by atoms with E-state index in [0.29, 0.717) is 5.92 Å². The minimum Gasteiger partial charge on any atom is -0.385 e. The average molecular weight is 273 g/mol. The van der Waals surface area contributed by atoms with Crippen molar-refractivity contribution in [3.05, 3.63) is 15.6 Å². The van der Waals surface area contributed by atoms with Crippen molar-refractivity contribution in [2.75, 3.05) is 5.75 Å². The number of aliphatic hydroxyl groups is 1. The van der Waals surface area contributed by atoms with E-state index >= 15 is 0 Å². The van der Waals surface area contributed by atoms with Crippen molar-refractivity contribution >= 4 is 23.1 Å². The van der Waals surface area contributed by atoms with Gasteiger partial charge in [-0.3, -0.25) is 0 Å². The molecule has 0 fully saturated rings. The van der Waals surface area contributed by atoms with Crippen LogP contribution in [-0.2, 0) is 11.4 Å². The lowest BCUT2D eigenvalue weighted by Crippen LogP contribution is -2.16. The van der Waals surface area contributed by atoms with Gasteiger partial charge in [-0.15, -0.1) is 11.3 Å². The predicted molar refractivity (Wildman–Crippen MR) is 77.9 cm³/mol. The Bertz CT molecular complexity index is 353. The number of thiazole rings is 1. The van der Waals surface area contributed by atoms with Gasteiger partial charge in [0.1, 0.15) is 5.01 Å². The number of hydrogen-bond donors (Lipinski definition) is 1. The summed E-state index contributed by atoms with van der Waals surface area (Å²) in [5.74, 6) is 2.51. The quantitative estimate of drug-likeness (QED) is 0.791. The molecule has 17 heavy (non-hydrogen) atoms. The number of thioether (sulfide) groups is 1. The Labute approximate surface area is 113 Å². The van der Waals surface area contributed by atoms with Crippen LogP contribution in [0.25, 0.3) is 0 Å². The molecular formula is C13H23NOS2. The van der Waals surface area contributed by atoms with Crippen LogP contribution in [0.4, 0.5) is 0 Å². The molecule has 0 aliphatic heterocycles. The van der Waals surface area contributed by atoms with Crippen LogP contribution in [0.1, 0.15) is 62.5 Å². The second-order valence-electron chi connectivity index (χ2n) is 5.09. The van der Waals surface area contributed by atoms with E-state index in [1.165, 1.54) is 12.2 Å².